The second kappa shape index (κ2) is 6.75. The molecule has 0 saturated carbocycles. The Bertz CT molecular complexity index is 439. The third-order valence-corrected chi connectivity index (χ3v) is 3.51. The maximum atomic E-state index is 11.9. The Labute approximate surface area is 118 Å². The standard InChI is InChI=1S/C14H19ClN2O2/c1-2-4-14(18)17-8-3-5-11(10-17)19-13-6-7-16-9-12(13)15/h6-7,9,11H,2-5,8,10H2,1H3. The Morgan fingerprint density at radius 1 is 1.63 bits per heavy atom. The molecule has 1 aromatic heterocycles. The molecule has 0 spiro atoms. The topological polar surface area (TPSA) is 42.4 Å². The molecule has 0 aromatic carbocycles. The molecule has 2 rings (SSSR count). The number of pyridine rings is 1. The minimum absolute atomic E-state index is 0.0226. The maximum absolute atomic E-state index is 11.9. The van der Waals surface area contributed by atoms with Gasteiger partial charge in [-0.05, 0) is 19.3 Å². The first-order valence-corrected chi connectivity index (χ1v) is 7.12. The molecule has 0 radical (unpaired) electrons. The summed E-state index contributed by atoms with van der Waals surface area (Å²) in [4.78, 5) is 17.7. The lowest BCUT2D eigenvalue weighted by Gasteiger charge is -2.33. The lowest BCUT2D eigenvalue weighted by molar-refractivity contribution is -0.133. The van der Waals surface area contributed by atoms with E-state index < -0.39 is 0 Å². The average Bonchev–Trinajstić information content (AvgIpc) is 2.42. The van der Waals surface area contributed by atoms with Crippen LogP contribution in [0.4, 0.5) is 0 Å². The van der Waals surface area contributed by atoms with Gasteiger partial charge in [-0.2, -0.15) is 0 Å². The van der Waals surface area contributed by atoms with E-state index in [1.54, 1.807) is 18.5 Å². The fourth-order valence-electron chi connectivity index (χ4n) is 2.27. The lowest BCUT2D eigenvalue weighted by atomic mass is 10.1. The van der Waals surface area contributed by atoms with Crippen molar-refractivity contribution >= 4 is 17.5 Å². The van der Waals surface area contributed by atoms with E-state index in [4.69, 9.17) is 16.3 Å². The molecule has 1 aliphatic heterocycles. The maximum Gasteiger partial charge on any atom is 0.222 e. The number of ether oxygens (including phenoxy) is 1. The number of piperidine rings is 1. The van der Waals surface area contributed by atoms with Gasteiger partial charge in [0.25, 0.3) is 0 Å². The van der Waals surface area contributed by atoms with Crippen LogP contribution >= 0.6 is 11.6 Å². The van der Waals surface area contributed by atoms with Gasteiger partial charge in [0.2, 0.25) is 5.91 Å². The van der Waals surface area contributed by atoms with E-state index in [2.05, 4.69) is 4.98 Å². The lowest BCUT2D eigenvalue weighted by Crippen LogP contribution is -2.44. The van der Waals surface area contributed by atoms with Gasteiger partial charge in [0.1, 0.15) is 16.9 Å². The van der Waals surface area contributed by atoms with Crippen LogP contribution in [-0.4, -0.2) is 35.0 Å². The number of carbonyl (C=O) groups is 1. The normalized spacial score (nSPS) is 19.3. The second-order valence-corrected chi connectivity index (χ2v) is 5.19. The van der Waals surface area contributed by atoms with E-state index >= 15 is 0 Å². The summed E-state index contributed by atoms with van der Waals surface area (Å²) in [5, 5.41) is 0.513. The van der Waals surface area contributed by atoms with Gasteiger partial charge in [-0.3, -0.25) is 9.78 Å². The number of hydrogen-bond donors (Lipinski definition) is 0. The van der Waals surface area contributed by atoms with Gasteiger partial charge >= 0.3 is 0 Å². The quantitative estimate of drug-likeness (QED) is 0.853. The van der Waals surface area contributed by atoms with Gasteiger partial charge in [0.15, 0.2) is 0 Å². The zero-order chi connectivity index (χ0) is 13.7. The largest absolute Gasteiger partial charge is 0.487 e. The van der Waals surface area contributed by atoms with Crippen LogP contribution in [0.2, 0.25) is 5.02 Å². The number of halogens is 1. The van der Waals surface area contributed by atoms with Crippen molar-refractivity contribution in [1.29, 1.82) is 0 Å². The Kier molecular flexibility index (Phi) is 5.02. The van der Waals surface area contributed by atoms with E-state index in [1.165, 1.54) is 0 Å². The Hall–Kier alpha value is -1.29. The number of amides is 1. The van der Waals surface area contributed by atoms with Crippen LogP contribution < -0.4 is 4.74 Å². The van der Waals surface area contributed by atoms with Gasteiger partial charge in [-0.25, -0.2) is 0 Å². The van der Waals surface area contributed by atoms with E-state index in [0.29, 0.717) is 23.7 Å². The minimum Gasteiger partial charge on any atom is -0.487 e. The van der Waals surface area contributed by atoms with Gasteiger partial charge in [-0.1, -0.05) is 18.5 Å². The molecule has 1 fully saturated rings. The molecule has 4 nitrogen and oxygen atoms in total. The number of nitrogens with zero attached hydrogens (tertiary/aromatic N) is 2. The highest BCUT2D eigenvalue weighted by Crippen LogP contribution is 2.25. The zero-order valence-corrected chi connectivity index (χ0v) is 11.9. The number of carbonyl (C=O) groups excluding carboxylic acids is 1. The third-order valence-electron chi connectivity index (χ3n) is 3.22. The van der Waals surface area contributed by atoms with Crippen LogP contribution in [0.25, 0.3) is 0 Å². The first kappa shape index (κ1) is 14.1. The molecule has 104 valence electrons. The van der Waals surface area contributed by atoms with Gasteiger partial charge in [0.05, 0.1) is 6.54 Å². The van der Waals surface area contributed by atoms with Crippen molar-refractivity contribution in [3.8, 4) is 5.75 Å². The second-order valence-electron chi connectivity index (χ2n) is 4.78. The van der Waals surface area contributed by atoms with E-state index in [1.807, 2.05) is 11.8 Å². The van der Waals surface area contributed by atoms with Crippen LogP contribution in [0.1, 0.15) is 32.6 Å². The highest BCUT2D eigenvalue weighted by molar-refractivity contribution is 6.31. The fraction of sp³-hybridized carbons (Fsp3) is 0.571. The third kappa shape index (κ3) is 3.83. The summed E-state index contributed by atoms with van der Waals surface area (Å²) in [6.45, 7) is 3.51. The van der Waals surface area contributed by atoms with Crippen molar-refractivity contribution in [3.63, 3.8) is 0 Å². The van der Waals surface area contributed by atoms with Crippen molar-refractivity contribution in [2.75, 3.05) is 13.1 Å². The number of rotatable bonds is 4. The smallest absolute Gasteiger partial charge is 0.222 e. The van der Waals surface area contributed by atoms with E-state index in [9.17, 15) is 4.79 Å². The molecule has 19 heavy (non-hydrogen) atoms. The van der Waals surface area contributed by atoms with Crippen LogP contribution in [-0.2, 0) is 4.79 Å². The first-order chi connectivity index (χ1) is 9.20. The summed E-state index contributed by atoms with van der Waals surface area (Å²) in [6.07, 6.45) is 6.68. The van der Waals surface area contributed by atoms with Crippen LogP contribution in [0.3, 0.4) is 0 Å². The molecule has 5 heteroatoms. The predicted molar refractivity (Wildman–Crippen MR) is 74.4 cm³/mol. The van der Waals surface area contributed by atoms with Crippen molar-refractivity contribution in [3.05, 3.63) is 23.5 Å². The van der Waals surface area contributed by atoms with Gasteiger partial charge in [-0.15, -0.1) is 0 Å². The van der Waals surface area contributed by atoms with Gasteiger partial charge in [0, 0.05) is 31.4 Å². The molecule has 1 aromatic rings. The monoisotopic (exact) mass is 282 g/mol. The number of hydrogen-bond acceptors (Lipinski definition) is 3. The number of aromatic nitrogens is 1. The predicted octanol–water partition coefficient (Wildman–Crippen LogP) is 2.90. The Morgan fingerprint density at radius 2 is 2.47 bits per heavy atom. The molecule has 1 amide bonds. The number of likely N-dealkylation sites (tertiary alicyclic amines) is 1. The van der Waals surface area contributed by atoms with Crippen molar-refractivity contribution in [2.24, 2.45) is 0 Å². The fourth-order valence-corrected chi connectivity index (χ4v) is 2.43. The highest BCUT2D eigenvalue weighted by atomic mass is 35.5. The van der Waals surface area contributed by atoms with Crippen molar-refractivity contribution in [2.45, 2.75) is 38.7 Å². The molecule has 0 N–H and O–H groups in total. The molecule has 1 unspecified atom stereocenters. The summed E-state index contributed by atoms with van der Waals surface area (Å²) in [5.41, 5.74) is 0. The van der Waals surface area contributed by atoms with Crippen LogP contribution in [0, 0.1) is 0 Å². The molecular weight excluding hydrogens is 264 g/mol. The molecular formula is C14H19ClN2O2. The highest BCUT2D eigenvalue weighted by Gasteiger charge is 2.24. The molecule has 0 bridgehead atoms. The van der Waals surface area contributed by atoms with Crippen LogP contribution in [0.5, 0.6) is 5.75 Å². The summed E-state index contributed by atoms with van der Waals surface area (Å²) in [6, 6.07) is 1.76. The summed E-state index contributed by atoms with van der Waals surface area (Å²) >= 11 is 6.02. The molecule has 0 aliphatic carbocycles. The summed E-state index contributed by atoms with van der Waals surface area (Å²) < 4.78 is 5.88. The van der Waals surface area contributed by atoms with Crippen molar-refractivity contribution < 1.29 is 9.53 Å². The Balaban J connectivity index is 1.94. The average molecular weight is 283 g/mol. The molecule has 1 saturated heterocycles. The molecule has 1 aliphatic rings. The van der Waals surface area contributed by atoms with Crippen molar-refractivity contribution in [1.82, 2.24) is 9.88 Å². The zero-order valence-electron chi connectivity index (χ0n) is 11.1. The van der Waals surface area contributed by atoms with E-state index in [0.717, 1.165) is 25.8 Å². The summed E-state index contributed by atoms with van der Waals surface area (Å²) in [7, 11) is 0. The minimum atomic E-state index is 0.0226. The van der Waals surface area contributed by atoms with Crippen LogP contribution in [0.15, 0.2) is 18.5 Å². The summed E-state index contributed by atoms with van der Waals surface area (Å²) in [5.74, 6) is 0.864. The first-order valence-electron chi connectivity index (χ1n) is 6.74. The van der Waals surface area contributed by atoms with E-state index in [-0.39, 0.29) is 12.0 Å². The molecule has 1 atom stereocenters. The Morgan fingerprint density at radius 3 is 3.21 bits per heavy atom. The molecule has 2 heterocycles. The SMILES string of the molecule is CCCC(=O)N1CCCC(Oc2ccncc2Cl)C1. The van der Waals surface area contributed by atoms with Gasteiger partial charge < -0.3 is 9.64 Å².